The van der Waals surface area contributed by atoms with Crippen molar-refractivity contribution in [1.82, 2.24) is 10.2 Å². The minimum Gasteiger partial charge on any atom is -0.352 e. The summed E-state index contributed by atoms with van der Waals surface area (Å²) in [6.07, 6.45) is 2.51. The van der Waals surface area contributed by atoms with Crippen LogP contribution in [0.4, 0.5) is 5.69 Å². The largest absolute Gasteiger partial charge is 0.352 e. The summed E-state index contributed by atoms with van der Waals surface area (Å²) in [7, 11) is -3.64. The first-order valence-corrected chi connectivity index (χ1v) is 16.6. The van der Waals surface area contributed by atoms with Crippen LogP contribution in [-0.4, -0.2) is 50.0 Å². The monoisotopic (exact) mass is 631 g/mol. The lowest BCUT2D eigenvalue weighted by Crippen LogP contribution is -2.52. The standard InChI is InChI=1S/C32H39Cl2N3O4S/c1-5-23(2)35-32(39)30(21-25-11-7-6-8-12-25)36(22-26-16-18-27(33)19-17-26)31(38)15-10-20-37(42(4,40)41)29-14-9-13-28(34)24(29)3/h6-9,11-14,16-19,23,30H,5,10,15,20-22H2,1-4H3,(H,35,39). The molecule has 0 aromatic heterocycles. The first-order valence-electron chi connectivity index (χ1n) is 14.0. The highest BCUT2D eigenvalue weighted by atomic mass is 35.5. The summed E-state index contributed by atoms with van der Waals surface area (Å²) in [5.74, 6) is -0.482. The van der Waals surface area contributed by atoms with Gasteiger partial charge >= 0.3 is 0 Å². The predicted molar refractivity (Wildman–Crippen MR) is 171 cm³/mol. The molecule has 226 valence electrons. The number of benzene rings is 3. The second-order valence-electron chi connectivity index (χ2n) is 10.5. The highest BCUT2D eigenvalue weighted by Crippen LogP contribution is 2.28. The van der Waals surface area contributed by atoms with Gasteiger partial charge in [-0.15, -0.1) is 0 Å². The second kappa shape index (κ2) is 15.4. The van der Waals surface area contributed by atoms with Crippen LogP contribution in [0.2, 0.25) is 10.0 Å². The van der Waals surface area contributed by atoms with Crippen molar-refractivity contribution in [3.05, 3.63) is 99.5 Å². The molecular formula is C32H39Cl2N3O4S. The molecule has 0 heterocycles. The van der Waals surface area contributed by atoms with Crippen molar-refractivity contribution in [3.8, 4) is 0 Å². The van der Waals surface area contributed by atoms with E-state index in [1.165, 1.54) is 4.31 Å². The van der Waals surface area contributed by atoms with E-state index in [1.54, 1.807) is 42.2 Å². The van der Waals surface area contributed by atoms with Crippen LogP contribution in [0.15, 0.2) is 72.8 Å². The molecule has 7 nitrogen and oxygen atoms in total. The van der Waals surface area contributed by atoms with Gasteiger partial charge in [0.1, 0.15) is 6.04 Å². The number of amides is 2. The molecule has 0 saturated carbocycles. The number of carbonyl (C=O) groups is 2. The first kappa shape index (κ1) is 33.4. The Morgan fingerprint density at radius 3 is 2.21 bits per heavy atom. The van der Waals surface area contributed by atoms with Gasteiger partial charge in [-0.2, -0.15) is 0 Å². The van der Waals surface area contributed by atoms with Gasteiger partial charge in [0.2, 0.25) is 21.8 Å². The Hall–Kier alpha value is -3.07. The normalized spacial score (nSPS) is 12.8. The molecule has 0 spiro atoms. The molecule has 3 rings (SSSR count). The molecule has 0 bridgehead atoms. The number of rotatable bonds is 14. The molecule has 0 aliphatic carbocycles. The summed E-state index contributed by atoms with van der Waals surface area (Å²) >= 11 is 12.4. The third-order valence-corrected chi connectivity index (χ3v) is 9.04. The minimum atomic E-state index is -3.64. The van der Waals surface area contributed by atoms with E-state index >= 15 is 0 Å². The summed E-state index contributed by atoms with van der Waals surface area (Å²) in [4.78, 5) is 29.2. The molecule has 42 heavy (non-hydrogen) atoms. The van der Waals surface area contributed by atoms with E-state index in [0.717, 1.165) is 23.8 Å². The lowest BCUT2D eigenvalue weighted by molar-refractivity contribution is -0.141. The summed E-state index contributed by atoms with van der Waals surface area (Å²) in [5.41, 5.74) is 2.88. The Labute approximate surface area is 259 Å². The van der Waals surface area contributed by atoms with Crippen molar-refractivity contribution in [3.63, 3.8) is 0 Å². The van der Waals surface area contributed by atoms with Crippen molar-refractivity contribution >= 4 is 50.7 Å². The van der Waals surface area contributed by atoms with Gasteiger partial charge in [-0.1, -0.05) is 78.7 Å². The molecular weight excluding hydrogens is 593 g/mol. The molecule has 0 aliphatic rings. The molecule has 2 amide bonds. The van der Waals surface area contributed by atoms with Crippen molar-refractivity contribution in [2.75, 3.05) is 17.1 Å². The zero-order valence-corrected chi connectivity index (χ0v) is 26.8. The van der Waals surface area contributed by atoms with Crippen molar-refractivity contribution in [2.45, 2.75) is 65.1 Å². The van der Waals surface area contributed by atoms with Gasteiger partial charge in [0, 0.05) is 42.0 Å². The molecule has 10 heteroatoms. The molecule has 2 atom stereocenters. The summed E-state index contributed by atoms with van der Waals surface area (Å²) < 4.78 is 26.7. The van der Waals surface area contributed by atoms with E-state index in [4.69, 9.17) is 23.2 Å². The lowest BCUT2D eigenvalue weighted by Gasteiger charge is -2.33. The fourth-order valence-corrected chi connectivity index (χ4v) is 5.94. The molecule has 2 unspecified atom stereocenters. The maximum atomic E-state index is 13.9. The number of anilines is 1. The fourth-order valence-electron chi connectivity index (χ4n) is 4.63. The Kier molecular flexibility index (Phi) is 12.3. The fraction of sp³-hybridized carbons (Fsp3) is 0.375. The molecule has 3 aromatic rings. The summed E-state index contributed by atoms with van der Waals surface area (Å²) in [6, 6.07) is 21.0. The van der Waals surface area contributed by atoms with E-state index in [9.17, 15) is 18.0 Å². The second-order valence-corrected chi connectivity index (χ2v) is 13.2. The van der Waals surface area contributed by atoms with E-state index in [2.05, 4.69) is 5.32 Å². The highest BCUT2D eigenvalue weighted by Gasteiger charge is 2.31. The highest BCUT2D eigenvalue weighted by molar-refractivity contribution is 7.92. The molecule has 0 fully saturated rings. The van der Waals surface area contributed by atoms with E-state index in [-0.39, 0.29) is 43.8 Å². The van der Waals surface area contributed by atoms with Gasteiger partial charge in [0.25, 0.3) is 0 Å². The number of hydrogen-bond donors (Lipinski definition) is 1. The van der Waals surface area contributed by atoms with Crippen LogP contribution >= 0.6 is 23.2 Å². The van der Waals surface area contributed by atoms with Crippen molar-refractivity contribution in [2.24, 2.45) is 0 Å². The Morgan fingerprint density at radius 2 is 1.60 bits per heavy atom. The number of carbonyl (C=O) groups excluding carboxylic acids is 2. The van der Waals surface area contributed by atoms with Crippen LogP contribution in [0.25, 0.3) is 0 Å². The maximum absolute atomic E-state index is 13.9. The van der Waals surface area contributed by atoms with Crippen LogP contribution in [-0.2, 0) is 32.6 Å². The van der Waals surface area contributed by atoms with Crippen LogP contribution in [0.3, 0.4) is 0 Å². The first-order chi connectivity index (χ1) is 19.9. The van der Waals surface area contributed by atoms with Crippen LogP contribution in [0, 0.1) is 6.92 Å². The van der Waals surface area contributed by atoms with Gasteiger partial charge in [-0.3, -0.25) is 13.9 Å². The van der Waals surface area contributed by atoms with Gasteiger partial charge < -0.3 is 10.2 Å². The van der Waals surface area contributed by atoms with Crippen molar-refractivity contribution in [1.29, 1.82) is 0 Å². The smallest absolute Gasteiger partial charge is 0.243 e. The number of halogens is 2. The molecule has 0 saturated heterocycles. The SMILES string of the molecule is CCC(C)NC(=O)C(Cc1ccccc1)N(Cc1ccc(Cl)cc1)C(=O)CCCN(c1cccc(Cl)c1C)S(C)(=O)=O. The Bertz CT molecular complexity index is 1450. The van der Waals surface area contributed by atoms with E-state index in [0.29, 0.717) is 27.7 Å². The van der Waals surface area contributed by atoms with E-state index < -0.39 is 16.1 Å². The zero-order chi connectivity index (χ0) is 30.9. The lowest BCUT2D eigenvalue weighted by atomic mass is 10.0. The summed E-state index contributed by atoms with van der Waals surface area (Å²) in [5, 5.41) is 4.09. The Morgan fingerprint density at radius 1 is 0.929 bits per heavy atom. The number of sulfonamides is 1. The van der Waals surface area contributed by atoms with Gasteiger partial charge in [0.15, 0.2) is 0 Å². The molecule has 1 N–H and O–H groups in total. The summed E-state index contributed by atoms with van der Waals surface area (Å²) in [6.45, 7) is 5.97. The average molecular weight is 633 g/mol. The van der Waals surface area contributed by atoms with Gasteiger partial charge in [-0.05, 0) is 67.6 Å². The average Bonchev–Trinajstić information content (AvgIpc) is 2.95. The number of nitrogens with one attached hydrogen (secondary N) is 1. The molecule has 0 aliphatic heterocycles. The Balaban J connectivity index is 1.90. The minimum absolute atomic E-state index is 0.0428. The van der Waals surface area contributed by atoms with Crippen LogP contribution in [0.5, 0.6) is 0 Å². The number of nitrogens with zero attached hydrogens (tertiary/aromatic N) is 2. The van der Waals surface area contributed by atoms with Crippen LogP contribution in [0.1, 0.15) is 49.8 Å². The molecule has 0 radical (unpaired) electrons. The number of hydrogen-bond acceptors (Lipinski definition) is 4. The topological polar surface area (TPSA) is 86.8 Å². The van der Waals surface area contributed by atoms with Crippen LogP contribution < -0.4 is 9.62 Å². The van der Waals surface area contributed by atoms with Crippen molar-refractivity contribution < 1.29 is 18.0 Å². The zero-order valence-electron chi connectivity index (χ0n) is 24.5. The van der Waals surface area contributed by atoms with Gasteiger partial charge in [0.05, 0.1) is 11.9 Å². The molecule has 3 aromatic carbocycles. The maximum Gasteiger partial charge on any atom is 0.243 e. The van der Waals surface area contributed by atoms with E-state index in [1.807, 2.05) is 56.3 Å². The predicted octanol–water partition coefficient (Wildman–Crippen LogP) is 6.40. The third-order valence-electron chi connectivity index (χ3n) is 7.20. The third kappa shape index (κ3) is 9.48. The quantitative estimate of drug-likeness (QED) is 0.223. The van der Waals surface area contributed by atoms with Gasteiger partial charge in [-0.25, -0.2) is 8.42 Å².